The second kappa shape index (κ2) is 4.74. The number of carboxylic acid groups (broad SMARTS) is 1. The van der Waals surface area contributed by atoms with Crippen LogP contribution in [0.4, 0.5) is 4.39 Å². The highest BCUT2D eigenvalue weighted by atomic mass is 19.1. The van der Waals surface area contributed by atoms with E-state index in [0.29, 0.717) is 5.56 Å². The van der Waals surface area contributed by atoms with Crippen LogP contribution in [0.5, 0.6) is 0 Å². The number of carbonyl (C=O) groups is 2. The molecule has 1 atom stereocenters. The summed E-state index contributed by atoms with van der Waals surface area (Å²) in [7, 11) is 0. The van der Waals surface area contributed by atoms with Crippen LogP contribution in [0, 0.1) is 12.7 Å². The van der Waals surface area contributed by atoms with Gasteiger partial charge in [-0.2, -0.15) is 0 Å². The molecule has 0 heterocycles. The van der Waals surface area contributed by atoms with Crippen LogP contribution < -0.4 is 5.32 Å². The van der Waals surface area contributed by atoms with Gasteiger partial charge in [0.15, 0.2) is 6.04 Å². The average molecular weight is 225 g/mol. The zero-order chi connectivity index (χ0) is 12.3. The van der Waals surface area contributed by atoms with Gasteiger partial charge in [-0.05, 0) is 24.1 Å². The number of halogens is 1. The SMILES string of the molecule is CC(=O)NC(C(=O)O)c1ccc(C)c(F)c1. The Morgan fingerprint density at radius 2 is 2.06 bits per heavy atom. The summed E-state index contributed by atoms with van der Waals surface area (Å²) in [4.78, 5) is 21.7. The van der Waals surface area contributed by atoms with Crippen molar-refractivity contribution < 1.29 is 19.1 Å². The van der Waals surface area contributed by atoms with Gasteiger partial charge >= 0.3 is 5.97 Å². The van der Waals surface area contributed by atoms with Crippen LogP contribution in [0.25, 0.3) is 0 Å². The van der Waals surface area contributed by atoms with E-state index in [1.165, 1.54) is 19.1 Å². The fourth-order valence-corrected chi connectivity index (χ4v) is 1.28. The lowest BCUT2D eigenvalue weighted by Crippen LogP contribution is -2.32. The van der Waals surface area contributed by atoms with Crippen LogP contribution in [0.2, 0.25) is 0 Å². The predicted molar refractivity (Wildman–Crippen MR) is 55.3 cm³/mol. The molecule has 0 aromatic heterocycles. The van der Waals surface area contributed by atoms with E-state index in [9.17, 15) is 14.0 Å². The summed E-state index contributed by atoms with van der Waals surface area (Å²) in [6, 6.07) is 2.85. The highest BCUT2D eigenvalue weighted by molar-refractivity contribution is 5.83. The fourth-order valence-electron chi connectivity index (χ4n) is 1.28. The molecule has 1 unspecified atom stereocenters. The minimum Gasteiger partial charge on any atom is -0.479 e. The van der Waals surface area contributed by atoms with Crippen LogP contribution >= 0.6 is 0 Å². The maximum Gasteiger partial charge on any atom is 0.330 e. The van der Waals surface area contributed by atoms with Gasteiger partial charge in [-0.25, -0.2) is 9.18 Å². The minimum absolute atomic E-state index is 0.214. The third kappa shape index (κ3) is 2.79. The molecule has 0 aliphatic rings. The Hall–Kier alpha value is -1.91. The molecule has 2 N–H and O–H groups in total. The Balaban J connectivity index is 3.06. The summed E-state index contributed by atoms with van der Waals surface area (Å²) in [5, 5.41) is 11.1. The highest BCUT2D eigenvalue weighted by Gasteiger charge is 2.21. The molecule has 1 aromatic rings. The van der Waals surface area contributed by atoms with Crippen LogP contribution in [0.1, 0.15) is 24.1 Å². The molecule has 1 amide bonds. The molecule has 0 fully saturated rings. The Morgan fingerprint density at radius 3 is 2.50 bits per heavy atom. The first-order chi connectivity index (χ1) is 7.41. The molecule has 16 heavy (non-hydrogen) atoms. The minimum atomic E-state index is -1.22. The van der Waals surface area contributed by atoms with Crippen molar-refractivity contribution in [2.45, 2.75) is 19.9 Å². The number of aryl methyl sites for hydroxylation is 1. The molecule has 0 spiro atoms. The molecule has 4 nitrogen and oxygen atoms in total. The van der Waals surface area contributed by atoms with Gasteiger partial charge in [0.25, 0.3) is 0 Å². The van der Waals surface area contributed by atoms with Gasteiger partial charge in [0.05, 0.1) is 0 Å². The lowest BCUT2D eigenvalue weighted by Gasteiger charge is -2.14. The second-order valence-electron chi connectivity index (χ2n) is 3.48. The number of aliphatic carboxylic acids is 1. The summed E-state index contributed by atoms with van der Waals surface area (Å²) in [5.41, 5.74) is 0.640. The maximum absolute atomic E-state index is 13.2. The number of rotatable bonds is 3. The molecule has 1 rings (SSSR count). The molecular weight excluding hydrogens is 213 g/mol. The molecule has 0 saturated carbocycles. The largest absolute Gasteiger partial charge is 0.479 e. The Labute approximate surface area is 92.1 Å². The van der Waals surface area contributed by atoms with E-state index in [-0.39, 0.29) is 5.56 Å². The van der Waals surface area contributed by atoms with Gasteiger partial charge in [-0.1, -0.05) is 12.1 Å². The number of carbonyl (C=O) groups excluding carboxylic acids is 1. The summed E-state index contributed by atoms with van der Waals surface area (Å²) in [6.07, 6.45) is 0. The number of nitrogens with one attached hydrogen (secondary N) is 1. The van der Waals surface area contributed by atoms with Gasteiger partial charge in [-0.3, -0.25) is 4.79 Å². The summed E-state index contributed by atoms with van der Waals surface area (Å²) in [6.45, 7) is 2.79. The normalized spacial score (nSPS) is 11.9. The molecule has 5 heteroatoms. The maximum atomic E-state index is 13.2. The molecule has 86 valence electrons. The van der Waals surface area contributed by atoms with Gasteiger partial charge in [0.2, 0.25) is 5.91 Å². The van der Waals surface area contributed by atoms with E-state index in [2.05, 4.69) is 5.32 Å². The molecule has 0 radical (unpaired) electrons. The fraction of sp³-hybridized carbons (Fsp3) is 0.273. The number of carboxylic acids is 1. The zero-order valence-electron chi connectivity index (χ0n) is 8.95. The first kappa shape index (κ1) is 12.2. The summed E-state index contributed by atoms with van der Waals surface area (Å²) < 4.78 is 13.2. The smallest absolute Gasteiger partial charge is 0.330 e. The number of benzene rings is 1. The second-order valence-corrected chi connectivity index (χ2v) is 3.48. The first-order valence-electron chi connectivity index (χ1n) is 4.67. The van der Waals surface area contributed by atoms with Gasteiger partial charge in [0, 0.05) is 6.92 Å². The standard InChI is InChI=1S/C11H12FNO3/c1-6-3-4-8(5-9(6)12)10(11(15)16)13-7(2)14/h3-5,10H,1-2H3,(H,13,14)(H,15,16). The zero-order valence-corrected chi connectivity index (χ0v) is 8.95. The molecule has 0 bridgehead atoms. The van der Waals surface area contributed by atoms with E-state index in [4.69, 9.17) is 5.11 Å². The summed E-state index contributed by atoms with van der Waals surface area (Å²) in [5.74, 6) is -2.19. The van der Waals surface area contributed by atoms with Crippen LogP contribution in [0.3, 0.4) is 0 Å². The summed E-state index contributed by atoms with van der Waals surface area (Å²) >= 11 is 0. The Morgan fingerprint density at radius 1 is 1.44 bits per heavy atom. The van der Waals surface area contributed by atoms with Crippen molar-refractivity contribution in [2.24, 2.45) is 0 Å². The van der Waals surface area contributed by atoms with Gasteiger partial charge in [-0.15, -0.1) is 0 Å². The number of hydrogen-bond acceptors (Lipinski definition) is 2. The van der Waals surface area contributed by atoms with Crippen molar-refractivity contribution in [3.8, 4) is 0 Å². The van der Waals surface area contributed by atoms with Crippen molar-refractivity contribution in [2.75, 3.05) is 0 Å². The van der Waals surface area contributed by atoms with Gasteiger partial charge in [0.1, 0.15) is 5.82 Å². The first-order valence-corrected chi connectivity index (χ1v) is 4.67. The van der Waals surface area contributed by atoms with Crippen LogP contribution in [0.15, 0.2) is 18.2 Å². The van der Waals surface area contributed by atoms with E-state index in [1.54, 1.807) is 6.92 Å². The van der Waals surface area contributed by atoms with Crippen molar-refractivity contribution in [1.82, 2.24) is 5.32 Å². The number of amides is 1. The average Bonchev–Trinajstić information content (AvgIpc) is 2.18. The van der Waals surface area contributed by atoms with Gasteiger partial charge < -0.3 is 10.4 Å². The van der Waals surface area contributed by atoms with E-state index in [1.807, 2.05) is 0 Å². The molecule has 1 aromatic carbocycles. The molecule has 0 aliphatic heterocycles. The lowest BCUT2D eigenvalue weighted by atomic mass is 10.0. The lowest BCUT2D eigenvalue weighted by molar-refractivity contribution is -0.141. The molecular formula is C11H12FNO3. The van der Waals surface area contributed by atoms with Crippen LogP contribution in [-0.2, 0) is 9.59 Å². The third-order valence-corrected chi connectivity index (χ3v) is 2.12. The van der Waals surface area contributed by atoms with Crippen molar-refractivity contribution in [3.05, 3.63) is 35.1 Å². The molecule has 0 aliphatic carbocycles. The van der Waals surface area contributed by atoms with E-state index >= 15 is 0 Å². The number of hydrogen-bond donors (Lipinski definition) is 2. The van der Waals surface area contributed by atoms with Crippen LogP contribution in [-0.4, -0.2) is 17.0 Å². The highest BCUT2D eigenvalue weighted by Crippen LogP contribution is 2.17. The molecule has 0 saturated heterocycles. The third-order valence-electron chi connectivity index (χ3n) is 2.12. The topological polar surface area (TPSA) is 66.4 Å². The van der Waals surface area contributed by atoms with E-state index < -0.39 is 23.7 Å². The monoisotopic (exact) mass is 225 g/mol. The van der Waals surface area contributed by atoms with Crippen molar-refractivity contribution >= 4 is 11.9 Å². The van der Waals surface area contributed by atoms with Crippen molar-refractivity contribution in [1.29, 1.82) is 0 Å². The van der Waals surface area contributed by atoms with E-state index in [0.717, 1.165) is 6.07 Å². The quantitative estimate of drug-likeness (QED) is 0.817. The van der Waals surface area contributed by atoms with Crippen molar-refractivity contribution in [3.63, 3.8) is 0 Å². The Bertz CT molecular complexity index is 431. The Kier molecular flexibility index (Phi) is 3.60. The predicted octanol–water partition coefficient (Wildman–Crippen LogP) is 1.40.